The minimum atomic E-state index is -0.0972. The summed E-state index contributed by atoms with van der Waals surface area (Å²) in [7, 11) is 3.61. The molecule has 1 rings (SSSR count). The van der Waals surface area contributed by atoms with Gasteiger partial charge in [0.2, 0.25) is 0 Å². The summed E-state index contributed by atoms with van der Waals surface area (Å²) in [6.45, 7) is 6.54. The predicted octanol–water partition coefficient (Wildman–Crippen LogP) is 1.12. The number of carbonyl (C=O) groups is 1. The average Bonchev–Trinajstić information content (AvgIpc) is 2.47. The number of rotatable bonds is 3. The second-order valence-electron chi connectivity index (χ2n) is 4.77. The van der Waals surface area contributed by atoms with Crippen LogP contribution in [0.25, 0.3) is 0 Å². The Kier molecular flexibility index (Phi) is 3.29. The Hall–Kier alpha value is -1.16. The molecule has 4 nitrogen and oxygen atoms in total. The maximum absolute atomic E-state index is 11.8. The molecule has 1 heterocycles. The summed E-state index contributed by atoms with van der Waals surface area (Å²) in [5.41, 5.74) is 1.49. The molecule has 0 fully saturated rings. The Morgan fingerprint density at radius 2 is 2.13 bits per heavy atom. The molecule has 1 aromatic rings. The van der Waals surface area contributed by atoms with Crippen LogP contribution < -0.4 is 5.32 Å². The molecule has 1 aromatic heterocycles. The Morgan fingerprint density at radius 1 is 1.53 bits per heavy atom. The van der Waals surface area contributed by atoms with Gasteiger partial charge in [0.05, 0.1) is 17.8 Å². The van der Waals surface area contributed by atoms with Crippen LogP contribution >= 0.6 is 0 Å². The SMILES string of the molecule is CNCC(=O)c1cn(C)nc1C(C)(C)C. The van der Waals surface area contributed by atoms with Gasteiger partial charge in [0, 0.05) is 18.7 Å². The van der Waals surface area contributed by atoms with E-state index in [-0.39, 0.29) is 11.2 Å². The van der Waals surface area contributed by atoms with Gasteiger partial charge in [-0.1, -0.05) is 20.8 Å². The lowest BCUT2D eigenvalue weighted by Gasteiger charge is -2.16. The van der Waals surface area contributed by atoms with Gasteiger partial charge in [0.25, 0.3) is 0 Å². The van der Waals surface area contributed by atoms with Crippen molar-refractivity contribution in [1.82, 2.24) is 15.1 Å². The highest BCUT2D eigenvalue weighted by atomic mass is 16.1. The van der Waals surface area contributed by atoms with Gasteiger partial charge in [0.15, 0.2) is 5.78 Å². The number of aryl methyl sites for hydroxylation is 1. The van der Waals surface area contributed by atoms with Crippen LogP contribution in [0.3, 0.4) is 0 Å². The summed E-state index contributed by atoms with van der Waals surface area (Å²) >= 11 is 0. The van der Waals surface area contributed by atoms with Gasteiger partial charge in [-0.25, -0.2) is 0 Å². The lowest BCUT2D eigenvalue weighted by molar-refractivity contribution is 0.0991. The Bertz CT molecular complexity index is 360. The fourth-order valence-corrected chi connectivity index (χ4v) is 1.50. The molecule has 0 aliphatic heterocycles. The van der Waals surface area contributed by atoms with Gasteiger partial charge in [-0.15, -0.1) is 0 Å². The van der Waals surface area contributed by atoms with Crippen molar-refractivity contribution in [3.8, 4) is 0 Å². The molecule has 0 bridgehead atoms. The summed E-state index contributed by atoms with van der Waals surface area (Å²) in [5, 5.41) is 7.22. The summed E-state index contributed by atoms with van der Waals surface area (Å²) in [6.07, 6.45) is 1.79. The summed E-state index contributed by atoms with van der Waals surface area (Å²) in [6, 6.07) is 0. The fourth-order valence-electron chi connectivity index (χ4n) is 1.50. The largest absolute Gasteiger partial charge is 0.313 e. The van der Waals surface area contributed by atoms with Gasteiger partial charge < -0.3 is 5.32 Å². The van der Waals surface area contributed by atoms with Crippen LogP contribution in [0.5, 0.6) is 0 Å². The van der Waals surface area contributed by atoms with E-state index >= 15 is 0 Å². The van der Waals surface area contributed by atoms with E-state index in [0.717, 1.165) is 11.3 Å². The molecule has 0 radical (unpaired) electrons. The molecule has 15 heavy (non-hydrogen) atoms. The summed E-state index contributed by atoms with van der Waals surface area (Å²) < 4.78 is 1.70. The molecule has 0 saturated carbocycles. The normalized spacial score (nSPS) is 11.8. The summed E-state index contributed by atoms with van der Waals surface area (Å²) in [4.78, 5) is 11.8. The molecular weight excluding hydrogens is 190 g/mol. The zero-order chi connectivity index (χ0) is 11.6. The smallest absolute Gasteiger partial charge is 0.180 e. The highest BCUT2D eigenvalue weighted by molar-refractivity contribution is 5.98. The molecule has 1 N–H and O–H groups in total. The molecule has 84 valence electrons. The lowest BCUT2D eigenvalue weighted by Crippen LogP contribution is -2.22. The molecule has 0 atom stereocenters. The standard InChI is InChI=1S/C11H19N3O/c1-11(2,3)10-8(7-14(5)13-10)9(15)6-12-4/h7,12H,6H2,1-5H3. The molecule has 0 aromatic carbocycles. The van der Waals surface area contributed by atoms with Crippen LogP contribution in [0.4, 0.5) is 0 Å². The molecular formula is C11H19N3O. The highest BCUT2D eigenvalue weighted by Gasteiger charge is 2.24. The average molecular weight is 209 g/mol. The van der Waals surface area contributed by atoms with Crippen molar-refractivity contribution in [3.63, 3.8) is 0 Å². The molecule has 4 heteroatoms. The number of carbonyl (C=O) groups excluding carboxylic acids is 1. The van der Waals surface area contributed by atoms with E-state index in [1.807, 2.05) is 7.05 Å². The zero-order valence-electron chi connectivity index (χ0n) is 10.1. The molecule has 0 aliphatic carbocycles. The minimum Gasteiger partial charge on any atom is -0.313 e. The number of nitrogens with one attached hydrogen (secondary N) is 1. The molecule has 0 spiro atoms. The number of aromatic nitrogens is 2. The number of likely N-dealkylation sites (N-methyl/N-ethyl adjacent to an activating group) is 1. The van der Waals surface area contributed by atoms with E-state index < -0.39 is 0 Å². The van der Waals surface area contributed by atoms with E-state index in [9.17, 15) is 4.79 Å². The van der Waals surface area contributed by atoms with Gasteiger partial charge >= 0.3 is 0 Å². The van der Waals surface area contributed by atoms with E-state index in [2.05, 4.69) is 31.2 Å². The van der Waals surface area contributed by atoms with Gasteiger partial charge in [-0.2, -0.15) is 5.10 Å². The third-order valence-corrected chi connectivity index (χ3v) is 2.18. The molecule has 0 saturated heterocycles. The Balaban J connectivity index is 3.12. The second kappa shape index (κ2) is 4.14. The highest BCUT2D eigenvalue weighted by Crippen LogP contribution is 2.24. The summed E-state index contributed by atoms with van der Waals surface area (Å²) in [5.74, 6) is 0.0931. The molecule has 0 aliphatic rings. The third-order valence-electron chi connectivity index (χ3n) is 2.18. The van der Waals surface area contributed by atoms with Crippen molar-refractivity contribution in [1.29, 1.82) is 0 Å². The van der Waals surface area contributed by atoms with Gasteiger partial charge in [0.1, 0.15) is 0 Å². The second-order valence-corrected chi connectivity index (χ2v) is 4.77. The van der Waals surface area contributed by atoms with Crippen LogP contribution in [-0.2, 0) is 12.5 Å². The predicted molar refractivity (Wildman–Crippen MR) is 60.2 cm³/mol. The van der Waals surface area contributed by atoms with Crippen LogP contribution in [0.1, 0.15) is 36.8 Å². The van der Waals surface area contributed by atoms with E-state index in [1.54, 1.807) is 17.9 Å². The van der Waals surface area contributed by atoms with Crippen molar-refractivity contribution in [2.75, 3.05) is 13.6 Å². The van der Waals surface area contributed by atoms with E-state index in [1.165, 1.54) is 0 Å². The first-order chi connectivity index (χ1) is 6.86. The van der Waals surface area contributed by atoms with Gasteiger partial charge in [-0.05, 0) is 7.05 Å². The third kappa shape index (κ3) is 2.65. The first-order valence-electron chi connectivity index (χ1n) is 5.08. The van der Waals surface area contributed by atoms with Crippen LogP contribution in [0.15, 0.2) is 6.20 Å². The molecule has 0 unspecified atom stereocenters. The van der Waals surface area contributed by atoms with Crippen molar-refractivity contribution in [3.05, 3.63) is 17.5 Å². The molecule has 0 amide bonds. The van der Waals surface area contributed by atoms with E-state index in [0.29, 0.717) is 6.54 Å². The lowest BCUT2D eigenvalue weighted by atomic mass is 9.88. The maximum atomic E-state index is 11.8. The minimum absolute atomic E-state index is 0.0931. The van der Waals surface area contributed by atoms with Crippen molar-refractivity contribution in [2.45, 2.75) is 26.2 Å². The number of hydrogen-bond acceptors (Lipinski definition) is 3. The number of nitrogens with zero attached hydrogens (tertiary/aromatic N) is 2. The zero-order valence-corrected chi connectivity index (χ0v) is 10.1. The monoisotopic (exact) mass is 209 g/mol. The van der Waals surface area contributed by atoms with Gasteiger partial charge in [-0.3, -0.25) is 9.48 Å². The quantitative estimate of drug-likeness (QED) is 0.759. The first kappa shape index (κ1) is 11.9. The van der Waals surface area contributed by atoms with Crippen LogP contribution in [0, 0.1) is 0 Å². The van der Waals surface area contributed by atoms with Crippen LogP contribution in [0.2, 0.25) is 0 Å². The number of hydrogen-bond donors (Lipinski definition) is 1. The number of ketones is 1. The Morgan fingerprint density at radius 3 is 2.60 bits per heavy atom. The topological polar surface area (TPSA) is 46.9 Å². The first-order valence-corrected chi connectivity index (χ1v) is 5.08. The van der Waals surface area contributed by atoms with Crippen molar-refractivity contribution in [2.24, 2.45) is 7.05 Å². The van der Waals surface area contributed by atoms with E-state index in [4.69, 9.17) is 0 Å². The van der Waals surface area contributed by atoms with Crippen LogP contribution in [-0.4, -0.2) is 29.2 Å². The maximum Gasteiger partial charge on any atom is 0.180 e. The Labute approximate surface area is 90.7 Å². The fraction of sp³-hybridized carbons (Fsp3) is 0.636. The number of Topliss-reactive ketones (excluding diaryl/α,β-unsaturated/α-hetero) is 1. The van der Waals surface area contributed by atoms with Crippen molar-refractivity contribution < 1.29 is 4.79 Å². The van der Waals surface area contributed by atoms with Crippen molar-refractivity contribution >= 4 is 5.78 Å².